The van der Waals surface area contributed by atoms with Gasteiger partial charge in [-0.25, -0.2) is 4.79 Å². The number of hydrogen-bond donors (Lipinski definition) is 2. The highest BCUT2D eigenvalue weighted by molar-refractivity contribution is 5.89. The molecule has 1 aliphatic rings. The Morgan fingerprint density at radius 1 is 1.39 bits per heavy atom. The van der Waals surface area contributed by atoms with Crippen LogP contribution in [0.4, 0.5) is 10.6 Å². The van der Waals surface area contributed by atoms with Crippen molar-refractivity contribution in [3.63, 3.8) is 0 Å². The molecular formula is C17H21N3O3. The Labute approximate surface area is 135 Å². The number of urea groups is 1. The van der Waals surface area contributed by atoms with Crippen molar-refractivity contribution in [2.24, 2.45) is 5.92 Å². The minimum Gasteiger partial charge on any atom is -0.396 e. The molecule has 0 bridgehead atoms. The van der Waals surface area contributed by atoms with E-state index in [1.165, 1.54) is 0 Å². The predicted molar refractivity (Wildman–Crippen MR) is 86.9 cm³/mol. The first-order valence-electron chi connectivity index (χ1n) is 7.88. The van der Waals surface area contributed by atoms with Gasteiger partial charge < -0.3 is 14.5 Å². The molecule has 1 aromatic heterocycles. The van der Waals surface area contributed by atoms with Crippen LogP contribution in [0, 0.1) is 5.92 Å². The molecule has 23 heavy (non-hydrogen) atoms. The van der Waals surface area contributed by atoms with Crippen LogP contribution in [0.3, 0.4) is 0 Å². The van der Waals surface area contributed by atoms with E-state index in [0.29, 0.717) is 18.1 Å². The van der Waals surface area contributed by atoms with Gasteiger partial charge in [0.1, 0.15) is 0 Å². The van der Waals surface area contributed by atoms with Crippen molar-refractivity contribution >= 4 is 11.8 Å². The van der Waals surface area contributed by atoms with E-state index in [4.69, 9.17) is 4.52 Å². The van der Waals surface area contributed by atoms with Crippen LogP contribution in [-0.2, 0) is 0 Å². The lowest BCUT2D eigenvalue weighted by Gasteiger charge is -2.37. The van der Waals surface area contributed by atoms with Gasteiger partial charge in [0.05, 0.1) is 0 Å². The summed E-state index contributed by atoms with van der Waals surface area (Å²) in [5.74, 6) is 1.15. The zero-order valence-electron chi connectivity index (χ0n) is 13.1. The highest BCUT2D eigenvalue weighted by Crippen LogP contribution is 2.24. The molecular weight excluding hydrogens is 294 g/mol. The molecule has 2 unspecified atom stereocenters. The van der Waals surface area contributed by atoms with Gasteiger partial charge in [-0.15, -0.1) is 0 Å². The number of carbonyl (C=O) groups excluding carboxylic acids is 1. The normalized spacial score (nSPS) is 21.2. The first-order chi connectivity index (χ1) is 11.2. The Hall–Kier alpha value is -2.34. The predicted octanol–water partition coefficient (Wildman–Crippen LogP) is 2.97. The minimum atomic E-state index is -0.205. The fraction of sp³-hybridized carbons (Fsp3) is 0.412. The molecule has 2 aromatic rings. The first-order valence-corrected chi connectivity index (χ1v) is 7.88. The summed E-state index contributed by atoms with van der Waals surface area (Å²) in [5.41, 5.74) is 0.909. The van der Waals surface area contributed by atoms with E-state index < -0.39 is 0 Å². The Morgan fingerprint density at radius 2 is 2.17 bits per heavy atom. The first kappa shape index (κ1) is 15.6. The smallest absolute Gasteiger partial charge is 0.323 e. The van der Waals surface area contributed by atoms with Crippen molar-refractivity contribution < 1.29 is 14.4 Å². The van der Waals surface area contributed by atoms with Crippen molar-refractivity contribution in [3.05, 3.63) is 36.4 Å². The van der Waals surface area contributed by atoms with E-state index in [1.807, 2.05) is 37.3 Å². The van der Waals surface area contributed by atoms with Crippen LogP contribution in [0.1, 0.15) is 19.8 Å². The molecule has 2 atom stereocenters. The number of benzene rings is 1. The van der Waals surface area contributed by atoms with Crippen LogP contribution in [0.25, 0.3) is 11.3 Å². The van der Waals surface area contributed by atoms with E-state index >= 15 is 0 Å². The number of anilines is 1. The summed E-state index contributed by atoms with van der Waals surface area (Å²) >= 11 is 0. The van der Waals surface area contributed by atoms with Crippen molar-refractivity contribution in [1.82, 2.24) is 10.1 Å². The number of likely N-dealkylation sites (tertiary alicyclic amines) is 1. The monoisotopic (exact) mass is 315 g/mol. The number of nitrogens with one attached hydrogen (secondary N) is 1. The zero-order valence-corrected chi connectivity index (χ0v) is 13.1. The number of rotatable bonds is 3. The molecule has 0 saturated carbocycles. The second-order valence-electron chi connectivity index (χ2n) is 6.00. The highest BCUT2D eigenvalue weighted by Gasteiger charge is 2.29. The number of aromatic nitrogens is 1. The average Bonchev–Trinajstić information content (AvgIpc) is 3.04. The molecule has 0 spiro atoms. The maximum absolute atomic E-state index is 12.4. The maximum atomic E-state index is 12.4. The molecule has 3 rings (SSSR count). The summed E-state index contributed by atoms with van der Waals surface area (Å²) in [6.07, 6.45) is 1.84. The molecule has 1 aliphatic heterocycles. The van der Waals surface area contributed by atoms with Gasteiger partial charge in [-0.1, -0.05) is 35.5 Å². The molecule has 1 fully saturated rings. The minimum absolute atomic E-state index is 0.110. The van der Waals surface area contributed by atoms with Gasteiger partial charge in [-0.2, -0.15) is 0 Å². The summed E-state index contributed by atoms with van der Waals surface area (Å²) < 4.78 is 5.28. The summed E-state index contributed by atoms with van der Waals surface area (Å²) in [7, 11) is 0. The van der Waals surface area contributed by atoms with Gasteiger partial charge in [0.2, 0.25) is 0 Å². The zero-order chi connectivity index (χ0) is 16.2. The molecule has 2 amide bonds. The largest absolute Gasteiger partial charge is 0.396 e. The van der Waals surface area contributed by atoms with Crippen molar-refractivity contribution in [3.8, 4) is 11.3 Å². The van der Waals surface area contributed by atoms with E-state index in [2.05, 4.69) is 10.5 Å². The molecule has 1 aromatic carbocycles. The second-order valence-corrected chi connectivity index (χ2v) is 6.00. The lowest BCUT2D eigenvalue weighted by Crippen LogP contribution is -2.48. The van der Waals surface area contributed by atoms with Crippen LogP contribution in [0.2, 0.25) is 0 Å². The van der Waals surface area contributed by atoms with Crippen molar-refractivity contribution in [2.45, 2.75) is 25.8 Å². The number of amides is 2. The van der Waals surface area contributed by atoms with E-state index in [9.17, 15) is 9.90 Å². The third kappa shape index (κ3) is 3.53. The fourth-order valence-electron chi connectivity index (χ4n) is 2.87. The summed E-state index contributed by atoms with van der Waals surface area (Å²) in [4.78, 5) is 14.2. The number of aliphatic hydroxyl groups is 1. The molecule has 2 N–H and O–H groups in total. The topological polar surface area (TPSA) is 78.6 Å². The van der Waals surface area contributed by atoms with Crippen molar-refractivity contribution in [1.29, 1.82) is 0 Å². The molecule has 0 aliphatic carbocycles. The lowest BCUT2D eigenvalue weighted by atomic mass is 9.94. The number of carbonyl (C=O) groups is 1. The van der Waals surface area contributed by atoms with Gasteiger partial charge in [0.25, 0.3) is 0 Å². The van der Waals surface area contributed by atoms with Crippen molar-refractivity contribution in [2.75, 3.05) is 18.5 Å². The molecule has 2 heterocycles. The Morgan fingerprint density at radius 3 is 2.91 bits per heavy atom. The lowest BCUT2D eigenvalue weighted by molar-refractivity contribution is 0.107. The fourth-order valence-corrected chi connectivity index (χ4v) is 2.87. The van der Waals surface area contributed by atoms with E-state index in [1.54, 1.807) is 11.0 Å². The molecule has 6 heteroatoms. The van der Waals surface area contributed by atoms with Gasteiger partial charge in [0, 0.05) is 30.8 Å². The third-order valence-electron chi connectivity index (χ3n) is 4.30. The Bertz CT molecular complexity index is 656. The average molecular weight is 315 g/mol. The molecule has 6 nitrogen and oxygen atoms in total. The summed E-state index contributed by atoms with van der Waals surface area (Å²) in [6, 6.07) is 11.3. The van der Waals surface area contributed by atoms with Crippen LogP contribution in [0.5, 0.6) is 0 Å². The van der Waals surface area contributed by atoms with Gasteiger partial charge in [0.15, 0.2) is 11.6 Å². The van der Waals surface area contributed by atoms with Crippen LogP contribution < -0.4 is 5.32 Å². The number of nitrogens with zero attached hydrogens (tertiary/aromatic N) is 2. The number of hydrogen-bond acceptors (Lipinski definition) is 4. The molecule has 0 radical (unpaired) electrons. The van der Waals surface area contributed by atoms with Gasteiger partial charge >= 0.3 is 6.03 Å². The molecule has 1 saturated heterocycles. The van der Waals surface area contributed by atoms with E-state index in [0.717, 1.165) is 18.4 Å². The number of aliphatic hydroxyl groups excluding tert-OH is 1. The van der Waals surface area contributed by atoms with Gasteiger partial charge in [-0.3, -0.25) is 5.32 Å². The summed E-state index contributed by atoms with van der Waals surface area (Å²) in [5, 5.41) is 16.0. The van der Waals surface area contributed by atoms with Crippen LogP contribution in [0.15, 0.2) is 40.9 Å². The second kappa shape index (κ2) is 6.83. The third-order valence-corrected chi connectivity index (χ3v) is 4.30. The van der Waals surface area contributed by atoms with Crippen LogP contribution in [-0.4, -0.2) is 40.4 Å². The molecule has 122 valence electrons. The SMILES string of the molecule is CC1CCC(CO)CN1C(=O)Nc1cc(-c2ccccc2)on1. The van der Waals surface area contributed by atoms with E-state index in [-0.39, 0.29) is 24.6 Å². The Kier molecular flexibility index (Phi) is 4.62. The van der Waals surface area contributed by atoms with Crippen LogP contribution >= 0.6 is 0 Å². The highest BCUT2D eigenvalue weighted by atomic mass is 16.5. The summed E-state index contributed by atoms with van der Waals surface area (Å²) in [6.45, 7) is 2.69. The maximum Gasteiger partial charge on any atom is 0.323 e. The standard InChI is InChI=1S/C17H21N3O3/c1-12-7-8-13(11-21)10-20(12)17(22)18-16-9-15(23-19-16)14-5-3-2-4-6-14/h2-6,9,12-13,21H,7-8,10-11H2,1H3,(H,18,19,22). The Balaban J connectivity index is 1.67. The number of piperidine rings is 1. The quantitative estimate of drug-likeness (QED) is 0.912. The van der Waals surface area contributed by atoms with Gasteiger partial charge in [-0.05, 0) is 25.7 Å².